The molecule has 4 nitrogen and oxygen atoms in total. The van der Waals surface area contributed by atoms with E-state index in [0.717, 1.165) is 5.56 Å². The SMILES string of the molecule is Cc1ccc(-c2cc(COC(=O)c3cccc(Cl)c3)no2)cc1. The second-order valence-electron chi connectivity index (χ2n) is 5.14. The van der Waals surface area contributed by atoms with Crippen molar-refractivity contribution in [3.05, 3.63) is 76.4 Å². The highest BCUT2D eigenvalue weighted by Crippen LogP contribution is 2.21. The van der Waals surface area contributed by atoms with E-state index in [1.807, 2.05) is 31.2 Å². The number of halogens is 1. The van der Waals surface area contributed by atoms with Crippen LogP contribution in [0.1, 0.15) is 21.6 Å². The zero-order chi connectivity index (χ0) is 16.2. The molecule has 0 fully saturated rings. The minimum Gasteiger partial charge on any atom is -0.455 e. The van der Waals surface area contributed by atoms with E-state index in [1.54, 1.807) is 30.3 Å². The summed E-state index contributed by atoms with van der Waals surface area (Å²) in [6.45, 7) is 2.06. The Labute approximate surface area is 138 Å². The summed E-state index contributed by atoms with van der Waals surface area (Å²) in [7, 11) is 0. The maximum Gasteiger partial charge on any atom is 0.338 e. The fourth-order valence-electron chi connectivity index (χ4n) is 2.07. The minimum atomic E-state index is -0.451. The molecule has 0 atom stereocenters. The van der Waals surface area contributed by atoms with Crippen molar-refractivity contribution in [1.29, 1.82) is 0 Å². The summed E-state index contributed by atoms with van der Waals surface area (Å²) >= 11 is 5.85. The zero-order valence-corrected chi connectivity index (χ0v) is 13.2. The third kappa shape index (κ3) is 3.79. The first-order chi connectivity index (χ1) is 11.1. The van der Waals surface area contributed by atoms with Crippen molar-refractivity contribution < 1.29 is 14.1 Å². The van der Waals surface area contributed by atoms with Crippen LogP contribution < -0.4 is 0 Å². The van der Waals surface area contributed by atoms with Crippen molar-refractivity contribution in [1.82, 2.24) is 5.16 Å². The fourth-order valence-corrected chi connectivity index (χ4v) is 2.26. The van der Waals surface area contributed by atoms with Gasteiger partial charge in [-0.2, -0.15) is 0 Å². The van der Waals surface area contributed by atoms with Crippen LogP contribution in [-0.2, 0) is 11.3 Å². The Hall–Kier alpha value is -2.59. The molecule has 0 radical (unpaired) electrons. The normalized spacial score (nSPS) is 10.5. The molecule has 0 saturated carbocycles. The maximum atomic E-state index is 11.9. The Bertz CT molecular complexity index is 824. The first kappa shape index (κ1) is 15.3. The molecule has 1 aromatic heterocycles. The number of carbonyl (C=O) groups is 1. The number of hydrogen-bond acceptors (Lipinski definition) is 4. The molecule has 116 valence electrons. The summed E-state index contributed by atoms with van der Waals surface area (Å²) in [6.07, 6.45) is 0. The van der Waals surface area contributed by atoms with Gasteiger partial charge in [0.1, 0.15) is 12.3 Å². The van der Waals surface area contributed by atoms with Crippen LogP contribution in [0, 0.1) is 6.92 Å². The van der Waals surface area contributed by atoms with Crippen molar-refractivity contribution in [3.63, 3.8) is 0 Å². The molecular formula is C18H14ClNO3. The highest BCUT2D eigenvalue weighted by Gasteiger charge is 2.11. The molecule has 3 aromatic rings. The quantitative estimate of drug-likeness (QED) is 0.654. The summed E-state index contributed by atoms with van der Waals surface area (Å²) in [5.74, 6) is 0.186. The van der Waals surface area contributed by atoms with Gasteiger partial charge in [-0.1, -0.05) is 52.7 Å². The predicted molar refractivity (Wildman–Crippen MR) is 87.2 cm³/mol. The average molecular weight is 328 g/mol. The van der Waals surface area contributed by atoms with E-state index in [0.29, 0.717) is 22.0 Å². The van der Waals surface area contributed by atoms with Gasteiger partial charge in [-0.25, -0.2) is 4.79 Å². The Kier molecular flexibility index (Phi) is 4.44. The van der Waals surface area contributed by atoms with Gasteiger partial charge in [0, 0.05) is 16.7 Å². The number of aryl methyl sites for hydroxylation is 1. The van der Waals surface area contributed by atoms with Crippen LogP contribution in [0.2, 0.25) is 5.02 Å². The molecular weight excluding hydrogens is 314 g/mol. The standard InChI is InChI=1S/C18H14ClNO3/c1-12-5-7-13(8-6-12)17-10-16(20-23-17)11-22-18(21)14-3-2-4-15(19)9-14/h2-10H,11H2,1H3. The van der Waals surface area contributed by atoms with E-state index in [-0.39, 0.29) is 6.61 Å². The molecule has 0 spiro atoms. The smallest absolute Gasteiger partial charge is 0.338 e. The van der Waals surface area contributed by atoms with Gasteiger partial charge in [-0.15, -0.1) is 0 Å². The monoisotopic (exact) mass is 327 g/mol. The van der Waals surface area contributed by atoms with Crippen molar-refractivity contribution in [3.8, 4) is 11.3 Å². The van der Waals surface area contributed by atoms with Crippen molar-refractivity contribution in [2.75, 3.05) is 0 Å². The topological polar surface area (TPSA) is 52.3 Å². The molecule has 3 rings (SSSR count). The van der Waals surface area contributed by atoms with E-state index < -0.39 is 5.97 Å². The van der Waals surface area contributed by atoms with Crippen LogP contribution >= 0.6 is 11.6 Å². The lowest BCUT2D eigenvalue weighted by Gasteiger charge is -2.02. The zero-order valence-electron chi connectivity index (χ0n) is 12.5. The predicted octanol–water partition coefficient (Wildman–Crippen LogP) is 4.66. The molecule has 23 heavy (non-hydrogen) atoms. The van der Waals surface area contributed by atoms with Crippen LogP contribution in [0.25, 0.3) is 11.3 Å². The number of esters is 1. The highest BCUT2D eigenvalue weighted by molar-refractivity contribution is 6.30. The van der Waals surface area contributed by atoms with E-state index in [1.165, 1.54) is 5.56 Å². The Balaban J connectivity index is 1.65. The Morgan fingerprint density at radius 3 is 2.70 bits per heavy atom. The summed E-state index contributed by atoms with van der Waals surface area (Å²) in [6, 6.07) is 16.3. The van der Waals surface area contributed by atoms with Crippen LogP contribution in [0.4, 0.5) is 0 Å². The van der Waals surface area contributed by atoms with Crippen molar-refractivity contribution >= 4 is 17.6 Å². The molecule has 0 unspecified atom stereocenters. The number of nitrogens with zero attached hydrogens (tertiary/aromatic N) is 1. The van der Waals surface area contributed by atoms with E-state index in [2.05, 4.69) is 5.16 Å². The van der Waals surface area contributed by atoms with Gasteiger partial charge in [0.15, 0.2) is 5.76 Å². The molecule has 5 heteroatoms. The first-order valence-corrected chi connectivity index (χ1v) is 7.45. The third-order valence-electron chi connectivity index (χ3n) is 3.31. The summed E-state index contributed by atoms with van der Waals surface area (Å²) in [5, 5.41) is 4.41. The molecule has 1 heterocycles. The molecule has 0 bridgehead atoms. The minimum absolute atomic E-state index is 0.0424. The van der Waals surface area contributed by atoms with Crippen LogP contribution in [0.5, 0.6) is 0 Å². The molecule has 0 N–H and O–H groups in total. The van der Waals surface area contributed by atoms with Gasteiger partial charge in [-0.3, -0.25) is 0 Å². The largest absolute Gasteiger partial charge is 0.455 e. The van der Waals surface area contributed by atoms with Gasteiger partial charge in [0.2, 0.25) is 0 Å². The van der Waals surface area contributed by atoms with Gasteiger partial charge >= 0.3 is 5.97 Å². The van der Waals surface area contributed by atoms with Crippen molar-refractivity contribution in [2.24, 2.45) is 0 Å². The molecule has 2 aromatic carbocycles. The number of rotatable bonds is 4. The van der Waals surface area contributed by atoms with E-state index >= 15 is 0 Å². The van der Waals surface area contributed by atoms with Gasteiger partial charge in [0.25, 0.3) is 0 Å². The Morgan fingerprint density at radius 2 is 1.96 bits per heavy atom. The third-order valence-corrected chi connectivity index (χ3v) is 3.54. The van der Waals surface area contributed by atoms with Gasteiger partial charge in [0.05, 0.1) is 5.56 Å². The number of benzene rings is 2. The maximum absolute atomic E-state index is 11.9. The van der Waals surface area contributed by atoms with Gasteiger partial charge in [-0.05, 0) is 25.1 Å². The second-order valence-corrected chi connectivity index (χ2v) is 5.57. The second kappa shape index (κ2) is 6.67. The Morgan fingerprint density at radius 1 is 1.17 bits per heavy atom. The van der Waals surface area contributed by atoms with Crippen LogP contribution in [-0.4, -0.2) is 11.1 Å². The summed E-state index contributed by atoms with van der Waals surface area (Å²) < 4.78 is 10.5. The lowest BCUT2D eigenvalue weighted by Crippen LogP contribution is -2.05. The average Bonchev–Trinajstić information content (AvgIpc) is 3.02. The molecule has 0 aliphatic rings. The molecule has 0 saturated heterocycles. The molecule has 0 amide bonds. The van der Waals surface area contributed by atoms with Crippen molar-refractivity contribution in [2.45, 2.75) is 13.5 Å². The van der Waals surface area contributed by atoms with Crippen LogP contribution in [0.15, 0.2) is 59.1 Å². The number of aromatic nitrogens is 1. The lowest BCUT2D eigenvalue weighted by atomic mass is 10.1. The molecule has 0 aliphatic carbocycles. The number of ether oxygens (including phenoxy) is 1. The number of carbonyl (C=O) groups excluding carboxylic acids is 1. The highest BCUT2D eigenvalue weighted by atomic mass is 35.5. The van der Waals surface area contributed by atoms with Crippen LogP contribution in [0.3, 0.4) is 0 Å². The van der Waals surface area contributed by atoms with Gasteiger partial charge < -0.3 is 9.26 Å². The molecule has 0 aliphatic heterocycles. The summed E-state index contributed by atoms with van der Waals surface area (Å²) in [4.78, 5) is 11.9. The van der Waals surface area contributed by atoms with E-state index in [9.17, 15) is 4.79 Å². The first-order valence-electron chi connectivity index (χ1n) is 7.07. The summed E-state index contributed by atoms with van der Waals surface area (Å²) in [5.41, 5.74) is 3.05. The lowest BCUT2D eigenvalue weighted by molar-refractivity contribution is 0.0464. The number of hydrogen-bond donors (Lipinski definition) is 0. The van der Waals surface area contributed by atoms with E-state index in [4.69, 9.17) is 20.9 Å². The fraction of sp³-hybridized carbons (Fsp3) is 0.111.